The molecule has 132 heavy (non-hydrogen) atoms. The Bertz CT molecular complexity index is 2280. The molecule has 4 amide bonds. The van der Waals surface area contributed by atoms with Crippen molar-refractivity contribution in [3.63, 3.8) is 0 Å². The molecule has 0 rings (SSSR count). The maximum atomic E-state index is 13.6. The van der Waals surface area contributed by atoms with E-state index < -0.39 is 34.9 Å². The molecular formula is C114H220N4O14. The molecule has 0 fully saturated rings. The Morgan fingerprint density at radius 2 is 0.318 bits per heavy atom. The van der Waals surface area contributed by atoms with Gasteiger partial charge in [0.2, 0.25) is 0 Å². The van der Waals surface area contributed by atoms with E-state index in [9.17, 15) is 38.4 Å². The van der Waals surface area contributed by atoms with Crippen LogP contribution in [0.25, 0.3) is 0 Å². The fourth-order valence-corrected chi connectivity index (χ4v) is 17.3. The molecule has 4 N–H and O–H groups in total. The molecule has 18 nitrogen and oxygen atoms in total. The highest BCUT2D eigenvalue weighted by atomic mass is 16.6. The average molecular weight is 1870 g/mol. The average Bonchev–Trinajstić information content (AvgIpc) is 0.851. The summed E-state index contributed by atoms with van der Waals surface area (Å²) in [6.45, 7) is 15.7. The molecule has 0 aliphatic carbocycles. The summed E-state index contributed by atoms with van der Waals surface area (Å²) in [6.07, 6.45) is 102. The van der Waals surface area contributed by atoms with Crippen LogP contribution in [-0.4, -0.2) is 113 Å². The molecule has 0 unspecified atom stereocenters. The van der Waals surface area contributed by atoms with Crippen LogP contribution in [0.2, 0.25) is 0 Å². The van der Waals surface area contributed by atoms with Crippen LogP contribution in [0.3, 0.4) is 0 Å². The van der Waals surface area contributed by atoms with Gasteiger partial charge in [-0.1, -0.05) is 517 Å². The first kappa shape index (κ1) is 129. The minimum atomic E-state index is -1.47. The van der Waals surface area contributed by atoms with Crippen molar-refractivity contribution >= 4 is 47.9 Å². The minimum absolute atomic E-state index is 0.0717. The molecule has 0 aromatic heterocycles. The number of ether oxygens (including phenoxy) is 6. The van der Waals surface area contributed by atoms with Gasteiger partial charge in [-0.2, -0.15) is 0 Å². The monoisotopic (exact) mass is 1870 g/mol. The lowest BCUT2D eigenvalue weighted by Gasteiger charge is -2.33. The number of hydrogen-bond acceptors (Lipinski definition) is 14. The highest BCUT2D eigenvalue weighted by Gasteiger charge is 2.38. The van der Waals surface area contributed by atoms with Gasteiger partial charge in [-0.05, 0) is 58.3 Å². The summed E-state index contributed by atoms with van der Waals surface area (Å²) in [5.41, 5.74) is -2.25. The van der Waals surface area contributed by atoms with Crippen LogP contribution in [0.4, 0.5) is 9.59 Å². The van der Waals surface area contributed by atoms with E-state index >= 15 is 0 Å². The van der Waals surface area contributed by atoms with Crippen LogP contribution in [0, 0.1) is 5.41 Å². The third-order valence-electron chi connectivity index (χ3n) is 26.5. The van der Waals surface area contributed by atoms with E-state index in [1.807, 2.05) is 6.92 Å². The van der Waals surface area contributed by atoms with Crippen molar-refractivity contribution in [1.29, 1.82) is 0 Å². The Kier molecular flexibility index (Phi) is 103. The van der Waals surface area contributed by atoms with E-state index in [1.54, 1.807) is 7.05 Å². The van der Waals surface area contributed by atoms with Crippen molar-refractivity contribution in [2.75, 3.05) is 59.8 Å². The number of hydrogen-bond donors (Lipinski definition) is 4. The first-order chi connectivity index (χ1) is 64.6. The molecule has 0 aromatic carbocycles. The molecule has 0 aliphatic heterocycles. The zero-order valence-corrected chi connectivity index (χ0v) is 88.6. The number of amides is 4. The smallest absolute Gasteiger partial charge is 0.315 e. The second-order valence-corrected chi connectivity index (χ2v) is 40.3. The summed E-state index contributed by atoms with van der Waals surface area (Å²) >= 11 is 0. The van der Waals surface area contributed by atoms with Crippen LogP contribution >= 0.6 is 0 Å². The largest absolute Gasteiger partial charge is 0.465 e. The standard InChI is InChI=1S/C61H118N4O8.C53H102O6/c1-5-8-11-14-17-20-23-26-29-32-35-38-43-48-56(66)71-53-61(65-60(70)64-52-47-42-41-46-51-63-59(69)62-4,54-72-57(67)49-44-39-36-33-30-27-24-21-18-15-12-9-6-2)55-73-58(68)50-45-40-37-34-31-28-25-22-19-16-13-10-7-3;1-5-8-11-14-17-20-23-26-29-32-35-38-41-44-50(54)57-47-53(4,48-58-51(55)45-42-39-36-33-30-27-24-21-18-15-12-9-6-2)49-59-52(56)46-43-40-37-34-31-28-25-22-19-16-13-10-7-3/h5-55H2,1-4H3,(H2,62,63,69)(H2,64,65,70);5-49H2,1-4H3. The van der Waals surface area contributed by atoms with Crippen LogP contribution in [0.15, 0.2) is 0 Å². The lowest BCUT2D eigenvalue weighted by atomic mass is 9.94. The maximum Gasteiger partial charge on any atom is 0.315 e. The topological polar surface area (TPSA) is 240 Å². The molecule has 0 radical (unpaired) electrons. The fraction of sp³-hybridized carbons (Fsp3) is 0.930. The van der Waals surface area contributed by atoms with Gasteiger partial charge in [-0.25, -0.2) is 9.59 Å². The fourth-order valence-electron chi connectivity index (χ4n) is 17.3. The molecule has 0 saturated heterocycles. The maximum absolute atomic E-state index is 13.6. The van der Waals surface area contributed by atoms with Crippen LogP contribution < -0.4 is 21.3 Å². The summed E-state index contributed by atoms with van der Waals surface area (Å²) in [5.74, 6) is -1.85. The zero-order chi connectivity index (χ0) is 96.6. The van der Waals surface area contributed by atoms with Crippen LogP contribution in [0.1, 0.15) is 613 Å². The van der Waals surface area contributed by atoms with Gasteiger partial charge in [0.05, 0.1) is 5.41 Å². The van der Waals surface area contributed by atoms with Crippen molar-refractivity contribution in [3.8, 4) is 0 Å². The molecule has 0 saturated carbocycles. The summed E-state index contributed by atoms with van der Waals surface area (Å²) in [5, 5.41) is 11.2. The van der Waals surface area contributed by atoms with E-state index in [2.05, 4.69) is 62.8 Å². The van der Waals surface area contributed by atoms with Crippen molar-refractivity contribution < 1.29 is 66.8 Å². The number of carbonyl (C=O) groups is 8. The Morgan fingerprint density at radius 3 is 0.477 bits per heavy atom. The van der Waals surface area contributed by atoms with Crippen molar-refractivity contribution in [2.24, 2.45) is 5.41 Å². The highest BCUT2D eigenvalue weighted by molar-refractivity contribution is 5.76. The minimum Gasteiger partial charge on any atom is -0.465 e. The van der Waals surface area contributed by atoms with Crippen LogP contribution in [-0.2, 0) is 57.2 Å². The lowest BCUT2D eigenvalue weighted by molar-refractivity contribution is -0.162. The van der Waals surface area contributed by atoms with Gasteiger partial charge >= 0.3 is 47.9 Å². The molecule has 0 aromatic rings. The summed E-state index contributed by atoms with van der Waals surface area (Å²) < 4.78 is 34.7. The molecular weight excluding hydrogens is 1650 g/mol. The number of carbonyl (C=O) groups excluding carboxylic acids is 8. The number of urea groups is 2. The van der Waals surface area contributed by atoms with Crippen molar-refractivity contribution in [2.45, 2.75) is 619 Å². The zero-order valence-electron chi connectivity index (χ0n) is 88.6. The normalized spacial score (nSPS) is 11.5. The quantitative estimate of drug-likeness (QED) is 0.0252. The molecule has 780 valence electrons. The first-order valence-corrected chi connectivity index (χ1v) is 57.5. The summed E-state index contributed by atoms with van der Waals surface area (Å²) in [4.78, 5) is 103. The highest BCUT2D eigenvalue weighted by Crippen LogP contribution is 2.25. The molecule has 0 aliphatic rings. The number of unbranched alkanes of at least 4 members (excludes halogenated alkanes) is 75. The van der Waals surface area contributed by atoms with E-state index in [0.717, 1.165) is 141 Å². The Balaban J connectivity index is 0. The predicted octanol–water partition coefficient (Wildman–Crippen LogP) is 33.7. The SMILES string of the molecule is CCCCCCCCCCCCCCCC(=O)OCC(C)(COC(=O)CCCCCCCCCCCCCCC)COC(=O)CCCCCCCCCCCCCCC.CCCCCCCCCCCCCCCC(=O)OCC(COC(=O)CCCCCCCCCCCCCCC)(COC(=O)CCCCCCCCCCCCCCC)NC(=O)NCCCCCCNC(=O)NC. The first-order valence-electron chi connectivity index (χ1n) is 57.5. The summed E-state index contributed by atoms with van der Waals surface area (Å²) in [7, 11) is 1.59. The van der Waals surface area contributed by atoms with Gasteiger partial charge in [0.15, 0.2) is 0 Å². The van der Waals surface area contributed by atoms with Gasteiger partial charge in [0.1, 0.15) is 45.2 Å². The Hall–Kier alpha value is -4.64. The van der Waals surface area contributed by atoms with Gasteiger partial charge < -0.3 is 49.7 Å². The van der Waals surface area contributed by atoms with Gasteiger partial charge in [0.25, 0.3) is 0 Å². The van der Waals surface area contributed by atoms with Gasteiger partial charge in [-0.15, -0.1) is 0 Å². The molecule has 0 atom stereocenters. The van der Waals surface area contributed by atoms with Crippen molar-refractivity contribution in [1.82, 2.24) is 21.3 Å². The third kappa shape index (κ3) is 99.8. The number of esters is 6. The predicted molar refractivity (Wildman–Crippen MR) is 556 cm³/mol. The number of rotatable bonds is 104. The molecule has 0 bridgehead atoms. The van der Waals surface area contributed by atoms with E-state index in [1.165, 1.54) is 366 Å². The molecule has 0 heterocycles. The Labute approximate surface area is 815 Å². The molecule has 18 heteroatoms. The third-order valence-corrected chi connectivity index (χ3v) is 26.5. The second kappa shape index (κ2) is 105. The van der Waals surface area contributed by atoms with E-state index in [4.69, 9.17) is 28.4 Å². The van der Waals surface area contributed by atoms with Crippen LogP contribution in [0.5, 0.6) is 0 Å². The molecule has 0 spiro atoms. The second-order valence-electron chi connectivity index (χ2n) is 40.3. The van der Waals surface area contributed by atoms with Crippen molar-refractivity contribution in [3.05, 3.63) is 0 Å². The van der Waals surface area contributed by atoms with Gasteiger partial charge in [0, 0.05) is 58.7 Å². The van der Waals surface area contributed by atoms with E-state index in [0.29, 0.717) is 51.6 Å². The van der Waals surface area contributed by atoms with E-state index in [-0.39, 0.29) is 82.8 Å². The number of nitrogens with one attached hydrogen (secondary N) is 4. The lowest BCUT2D eigenvalue weighted by Crippen LogP contribution is -2.61. The van der Waals surface area contributed by atoms with Gasteiger partial charge in [-0.3, -0.25) is 28.8 Å². The Morgan fingerprint density at radius 1 is 0.182 bits per heavy atom. The summed E-state index contributed by atoms with van der Waals surface area (Å²) in [6, 6.07) is -0.725.